The molecule has 2 unspecified atom stereocenters. The van der Waals surface area contributed by atoms with E-state index in [9.17, 15) is 0 Å². The van der Waals surface area contributed by atoms with E-state index in [1.807, 2.05) is 16.4 Å². The number of hydrogen-bond acceptors (Lipinski definition) is 6. The van der Waals surface area contributed by atoms with Gasteiger partial charge < -0.3 is 9.47 Å². The van der Waals surface area contributed by atoms with Crippen LogP contribution in [0.25, 0.3) is 0 Å². The van der Waals surface area contributed by atoms with Crippen molar-refractivity contribution in [1.29, 1.82) is 0 Å². The van der Waals surface area contributed by atoms with Gasteiger partial charge in [-0.1, -0.05) is 0 Å². The third-order valence-electron chi connectivity index (χ3n) is 3.03. The normalized spacial score (nSPS) is 21.5. The first-order chi connectivity index (χ1) is 9.27. The molecule has 2 heterocycles. The zero-order valence-electron chi connectivity index (χ0n) is 10.8. The van der Waals surface area contributed by atoms with Gasteiger partial charge in [0.1, 0.15) is 0 Å². The topological polar surface area (TPSA) is 74.3 Å². The van der Waals surface area contributed by atoms with Crippen molar-refractivity contribution < 1.29 is 9.47 Å². The second kappa shape index (κ2) is 7.61. The van der Waals surface area contributed by atoms with Crippen LogP contribution in [0.5, 0.6) is 0 Å². The highest BCUT2D eigenvalue weighted by atomic mass is 79.9. The Bertz CT molecular complexity index is 398. The van der Waals surface area contributed by atoms with Gasteiger partial charge in [0.2, 0.25) is 0 Å². The van der Waals surface area contributed by atoms with Crippen molar-refractivity contribution in [1.82, 2.24) is 15.2 Å². The van der Waals surface area contributed by atoms with Crippen LogP contribution in [0.1, 0.15) is 11.7 Å². The van der Waals surface area contributed by atoms with E-state index < -0.39 is 0 Å². The summed E-state index contributed by atoms with van der Waals surface area (Å²) < 4.78 is 13.8. The fourth-order valence-corrected chi connectivity index (χ4v) is 3.54. The molecule has 8 heteroatoms. The molecule has 2 rings (SSSR count). The molecule has 1 saturated heterocycles. The number of ether oxygens (including phenoxy) is 2. The maximum absolute atomic E-state index is 5.81. The van der Waals surface area contributed by atoms with Crippen molar-refractivity contribution in [2.75, 3.05) is 31.8 Å². The first kappa shape index (κ1) is 15.3. The summed E-state index contributed by atoms with van der Waals surface area (Å²) in [6.45, 7) is 2.06. The molecule has 0 radical (unpaired) electrons. The summed E-state index contributed by atoms with van der Waals surface area (Å²) >= 11 is 5.42. The summed E-state index contributed by atoms with van der Waals surface area (Å²) in [5.41, 5.74) is 3.87. The molecule has 0 aromatic carbocycles. The summed E-state index contributed by atoms with van der Waals surface area (Å²) in [5.74, 6) is 7.70. The number of nitrogens with zero attached hydrogens (tertiary/aromatic N) is 2. The average Bonchev–Trinajstić information content (AvgIpc) is 2.80. The van der Waals surface area contributed by atoms with Crippen molar-refractivity contribution in [2.24, 2.45) is 5.84 Å². The van der Waals surface area contributed by atoms with Crippen LogP contribution in [0.2, 0.25) is 0 Å². The molecule has 1 aromatic heterocycles. The lowest BCUT2D eigenvalue weighted by molar-refractivity contribution is 0.0437. The van der Waals surface area contributed by atoms with Crippen LogP contribution in [0.4, 0.5) is 0 Å². The van der Waals surface area contributed by atoms with Crippen LogP contribution in [0.15, 0.2) is 10.7 Å². The third-order valence-corrected chi connectivity index (χ3v) is 4.66. The van der Waals surface area contributed by atoms with Crippen LogP contribution < -0.4 is 11.3 Å². The number of hydrazine groups is 1. The van der Waals surface area contributed by atoms with Gasteiger partial charge in [0.15, 0.2) is 0 Å². The van der Waals surface area contributed by atoms with Crippen molar-refractivity contribution in [3.05, 3.63) is 16.4 Å². The fourth-order valence-electron chi connectivity index (χ4n) is 2.10. The number of methoxy groups -OCH3 is 1. The minimum absolute atomic E-state index is 0.0537. The zero-order chi connectivity index (χ0) is 13.7. The van der Waals surface area contributed by atoms with E-state index in [1.54, 1.807) is 13.3 Å². The maximum Gasteiger partial charge on any atom is 0.0909 e. The van der Waals surface area contributed by atoms with Crippen LogP contribution in [-0.2, 0) is 16.0 Å². The molecule has 1 aliphatic heterocycles. The Labute approximate surface area is 125 Å². The Balaban J connectivity index is 2.18. The van der Waals surface area contributed by atoms with Crippen molar-refractivity contribution in [2.45, 2.75) is 18.7 Å². The number of aromatic nitrogens is 2. The Hall–Kier alpha value is -0.120. The molecule has 2 atom stereocenters. The van der Waals surface area contributed by atoms with Gasteiger partial charge in [0.25, 0.3) is 0 Å². The smallest absolute Gasteiger partial charge is 0.0909 e. The van der Waals surface area contributed by atoms with Crippen molar-refractivity contribution in [3.63, 3.8) is 0 Å². The second-order valence-electron chi connectivity index (χ2n) is 4.22. The molecule has 0 amide bonds. The Morgan fingerprint density at radius 3 is 3.26 bits per heavy atom. The Kier molecular flexibility index (Phi) is 6.11. The van der Waals surface area contributed by atoms with Gasteiger partial charge in [-0.05, 0) is 15.9 Å². The monoisotopic (exact) mass is 350 g/mol. The minimum Gasteiger partial charge on any atom is -0.383 e. The maximum atomic E-state index is 5.81. The molecular formula is C11H19BrN4O2S. The van der Waals surface area contributed by atoms with Gasteiger partial charge >= 0.3 is 0 Å². The van der Waals surface area contributed by atoms with E-state index in [4.69, 9.17) is 15.3 Å². The Morgan fingerprint density at radius 2 is 2.63 bits per heavy atom. The van der Waals surface area contributed by atoms with Crippen molar-refractivity contribution in [3.8, 4) is 0 Å². The summed E-state index contributed by atoms with van der Waals surface area (Å²) in [4.78, 5) is 0. The highest BCUT2D eigenvalue weighted by Gasteiger charge is 2.30. The second-order valence-corrected chi connectivity index (χ2v) is 6.23. The molecule has 0 saturated carbocycles. The minimum atomic E-state index is -0.0819. The molecule has 1 aromatic rings. The van der Waals surface area contributed by atoms with Gasteiger partial charge in [0, 0.05) is 18.6 Å². The quantitative estimate of drug-likeness (QED) is 0.587. The average molecular weight is 351 g/mol. The first-order valence-corrected chi connectivity index (χ1v) is 8.08. The molecule has 108 valence electrons. The number of halogens is 1. The van der Waals surface area contributed by atoms with Crippen LogP contribution in [0, 0.1) is 0 Å². The predicted octanol–water partition coefficient (Wildman–Crippen LogP) is 0.928. The molecule has 0 bridgehead atoms. The largest absolute Gasteiger partial charge is 0.383 e. The van der Waals surface area contributed by atoms with Gasteiger partial charge in [0.05, 0.1) is 48.3 Å². The lowest BCUT2D eigenvalue weighted by Crippen LogP contribution is -2.42. The summed E-state index contributed by atoms with van der Waals surface area (Å²) in [6.07, 6.45) is 1.84. The standard InChI is InChI=1S/C11H19BrN4O2S/c1-17-3-2-16-11(8(12)6-14-16)10(15-13)9-7-19-5-4-18-9/h6,9-10,15H,2-5,7,13H2,1H3. The fraction of sp³-hybridized carbons (Fsp3) is 0.727. The van der Waals surface area contributed by atoms with E-state index in [1.165, 1.54) is 0 Å². The number of thioether (sulfide) groups is 1. The van der Waals surface area contributed by atoms with E-state index in [0.29, 0.717) is 13.2 Å². The van der Waals surface area contributed by atoms with E-state index in [2.05, 4.69) is 26.5 Å². The summed E-state index contributed by atoms with van der Waals surface area (Å²) in [7, 11) is 1.68. The lowest BCUT2D eigenvalue weighted by atomic mass is 10.1. The number of nitrogens with one attached hydrogen (secondary N) is 1. The SMILES string of the molecule is COCCn1ncc(Br)c1C(NN)C1CSCCO1. The van der Waals surface area contributed by atoms with Crippen LogP contribution in [-0.4, -0.2) is 47.7 Å². The highest BCUT2D eigenvalue weighted by molar-refractivity contribution is 9.10. The predicted molar refractivity (Wildman–Crippen MR) is 78.9 cm³/mol. The van der Waals surface area contributed by atoms with E-state index in [0.717, 1.165) is 28.3 Å². The number of hydrogen-bond donors (Lipinski definition) is 2. The van der Waals surface area contributed by atoms with Gasteiger partial charge in [-0.3, -0.25) is 10.5 Å². The highest BCUT2D eigenvalue weighted by Crippen LogP contribution is 2.29. The van der Waals surface area contributed by atoms with E-state index in [-0.39, 0.29) is 12.1 Å². The van der Waals surface area contributed by atoms with Crippen LogP contribution in [0.3, 0.4) is 0 Å². The molecule has 3 N–H and O–H groups in total. The zero-order valence-corrected chi connectivity index (χ0v) is 13.2. The molecule has 1 aliphatic rings. The first-order valence-electron chi connectivity index (χ1n) is 6.13. The molecule has 6 nitrogen and oxygen atoms in total. The van der Waals surface area contributed by atoms with Gasteiger partial charge in [-0.2, -0.15) is 16.9 Å². The molecule has 1 fully saturated rings. The van der Waals surface area contributed by atoms with Gasteiger partial charge in [-0.15, -0.1) is 0 Å². The van der Waals surface area contributed by atoms with E-state index >= 15 is 0 Å². The number of rotatable bonds is 6. The summed E-state index contributed by atoms with van der Waals surface area (Å²) in [6, 6.07) is -0.0819. The Morgan fingerprint density at radius 1 is 1.79 bits per heavy atom. The summed E-state index contributed by atoms with van der Waals surface area (Å²) in [5, 5.41) is 4.35. The van der Waals surface area contributed by atoms with Gasteiger partial charge in [-0.25, -0.2) is 5.43 Å². The molecule has 19 heavy (non-hydrogen) atoms. The molecule has 0 aliphatic carbocycles. The third kappa shape index (κ3) is 3.71. The van der Waals surface area contributed by atoms with Crippen LogP contribution >= 0.6 is 27.7 Å². The lowest BCUT2D eigenvalue weighted by Gasteiger charge is -2.30. The van der Waals surface area contributed by atoms with Crippen molar-refractivity contribution >= 4 is 27.7 Å². The molecule has 0 spiro atoms. The number of nitrogens with two attached hydrogens (primary N) is 1. The molecular weight excluding hydrogens is 332 g/mol.